The van der Waals surface area contributed by atoms with Gasteiger partial charge >= 0.3 is 5.69 Å². The molecule has 0 radical (unpaired) electrons. The summed E-state index contributed by atoms with van der Waals surface area (Å²) in [7, 11) is 0. The lowest BCUT2D eigenvalue weighted by atomic mass is 10.3. The molecule has 0 atom stereocenters. The predicted molar refractivity (Wildman–Crippen MR) is 80.0 cm³/mol. The number of nitrogens with zero attached hydrogens (tertiary/aromatic N) is 4. The summed E-state index contributed by atoms with van der Waals surface area (Å²) in [6, 6.07) is 3.22. The summed E-state index contributed by atoms with van der Waals surface area (Å²) in [6.07, 6.45) is 2.68. The molecule has 110 valence electrons. The first-order valence-corrected chi connectivity index (χ1v) is 6.49. The molecule has 2 N–H and O–H groups in total. The van der Waals surface area contributed by atoms with E-state index in [9.17, 15) is 10.1 Å². The summed E-state index contributed by atoms with van der Waals surface area (Å²) in [5, 5.41) is 17.5. The molecule has 0 fully saturated rings. The smallest absolute Gasteiger partial charge is 0.353 e. The molecule has 0 aromatic carbocycles. The van der Waals surface area contributed by atoms with Crippen molar-refractivity contribution in [2.24, 2.45) is 0 Å². The van der Waals surface area contributed by atoms with Crippen LogP contribution < -0.4 is 10.6 Å². The topological polar surface area (TPSA) is 106 Å². The van der Waals surface area contributed by atoms with Crippen LogP contribution in [0.25, 0.3) is 0 Å². The van der Waals surface area contributed by atoms with Gasteiger partial charge in [0.05, 0.1) is 9.95 Å². The Morgan fingerprint density at radius 3 is 2.52 bits per heavy atom. The first-order valence-electron chi connectivity index (χ1n) is 6.12. The number of halogens is 1. The van der Waals surface area contributed by atoms with Gasteiger partial charge in [-0.15, -0.1) is 0 Å². The fourth-order valence-electron chi connectivity index (χ4n) is 1.59. The Hall–Kier alpha value is -2.48. The van der Waals surface area contributed by atoms with E-state index in [0.29, 0.717) is 10.8 Å². The van der Waals surface area contributed by atoms with Crippen LogP contribution in [0.4, 0.5) is 23.1 Å². The van der Waals surface area contributed by atoms with E-state index in [4.69, 9.17) is 11.6 Å². The first kappa shape index (κ1) is 14.9. The van der Waals surface area contributed by atoms with Gasteiger partial charge in [-0.25, -0.2) is 15.0 Å². The van der Waals surface area contributed by atoms with E-state index in [1.54, 1.807) is 12.1 Å². The molecule has 0 aliphatic rings. The molecule has 0 spiro atoms. The van der Waals surface area contributed by atoms with Crippen molar-refractivity contribution < 1.29 is 4.92 Å². The maximum absolute atomic E-state index is 11.3. The molecule has 21 heavy (non-hydrogen) atoms. The third-order valence-corrected chi connectivity index (χ3v) is 2.63. The van der Waals surface area contributed by atoms with Crippen LogP contribution in [-0.2, 0) is 0 Å². The maximum Gasteiger partial charge on any atom is 0.353 e. The molecule has 0 aliphatic carbocycles. The zero-order chi connectivity index (χ0) is 15.4. The molecule has 2 heterocycles. The predicted octanol–water partition coefficient (Wildman–Crippen LogP) is 3.00. The molecule has 8 nitrogen and oxygen atoms in total. The second-order valence-electron chi connectivity index (χ2n) is 4.46. The van der Waals surface area contributed by atoms with Gasteiger partial charge in [0, 0.05) is 12.2 Å². The van der Waals surface area contributed by atoms with Crippen molar-refractivity contribution in [1.29, 1.82) is 0 Å². The van der Waals surface area contributed by atoms with Gasteiger partial charge in [-0.05, 0) is 26.0 Å². The lowest BCUT2D eigenvalue weighted by Crippen LogP contribution is -2.14. The SMILES string of the molecule is CC(C)Nc1ncnc(Nc2ccc(Cl)cn2)c1[N+](=O)[O-]. The fourth-order valence-corrected chi connectivity index (χ4v) is 1.71. The van der Waals surface area contributed by atoms with Crippen LogP contribution in [0.5, 0.6) is 0 Å². The van der Waals surface area contributed by atoms with Gasteiger partial charge in [0.25, 0.3) is 0 Å². The summed E-state index contributed by atoms with van der Waals surface area (Å²) >= 11 is 5.74. The van der Waals surface area contributed by atoms with E-state index in [2.05, 4.69) is 25.6 Å². The lowest BCUT2D eigenvalue weighted by molar-refractivity contribution is -0.383. The van der Waals surface area contributed by atoms with Crippen LogP contribution in [-0.4, -0.2) is 25.9 Å². The standard InChI is InChI=1S/C12H13ClN6O2/c1-7(2)17-11-10(19(20)21)12(16-6-15-11)18-9-4-3-8(13)5-14-9/h3-7H,1-2H3,(H2,14,15,16,17,18). The molecular weight excluding hydrogens is 296 g/mol. The second-order valence-corrected chi connectivity index (χ2v) is 4.90. The van der Waals surface area contributed by atoms with Crippen LogP contribution in [0, 0.1) is 10.1 Å². The number of rotatable bonds is 5. The van der Waals surface area contributed by atoms with E-state index < -0.39 is 4.92 Å². The average Bonchev–Trinajstić information content (AvgIpc) is 2.40. The van der Waals surface area contributed by atoms with E-state index in [1.807, 2.05) is 13.8 Å². The number of hydrogen-bond donors (Lipinski definition) is 2. The van der Waals surface area contributed by atoms with Crippen LogP contribution >= 0.6 is 11.6 Å². The van der Waals surface area contributed by atoms with Gasteiger partial charge in [-0.1, -0.05) is 11.6 Å². The summed E-state index contributed by atoms with van der Waals surface area (Å²) in [4.78, 5) is 22.6. The highest BCUT2D eigenvalue weighted by molar-refractivity contribution is 6.30. The van der Waals surface area contributed by atoms with E-state index in [-0.39, 0.29) is 23.4 Å². The summed E-state index contributed by atoms with van der Waals surface area (Å²) in [5.74, 6) is 0.617. The van der Waals surface area contributed by atoms with Gasteiger partial charge in [0.15, 0.2) is 0 Å². The number of nitro groups is 1. The molecule has 0 amide bonds. The Kier molecular flexibility index (Phi) is 4.49. The summed E-state index contributed by atoms with van der Waals surface area (Å²) in [5.41, 5.74) is -0.233. The minimum atomic E-state index is -0.539. The Bertz CT molecular complexity index is 647. The van der Waals surface area contributed by atoms with Crippen LogP contribution in [0.3, 0.4) is 0 Å². The first-order chi connectivity index (χ1) is 9.97. The second kappa shape index (κ2) is 6.31. The highest BCUT2D eigenvalue weighted by Gasteiger charge is 2.23. The van der Waals surface area contributed by atoms with Crippen LogP contribution in [0.2, 0.25) is 5.02 Å². The van der Waals surface area contributed by atoms with E-state index in [1.165, 1.54) is 12.5 Å². The Balaban J connectivity index is 2.38. The summed E-state index contributed by atoms with van der Waals surface area (Å²) < 4.78 is 0. The number of hydrogen-bond acceptors (Lipinski definition) is 7. The quantitative estimate of drug-likeness (QED) is 0.646. The third-order valence-electron chi connectivity index (χ3n) is 2.40. The molecule has 0 saturated carbocycles. The molecule has 2 aromatic heterocycles. The molecule has 0 bridgehead atoms. The Labute approximate surface area is 125 Å². The van der Waals surface area contributed by atoms with Crippen LogP contribution in [0.15, 0.2) is 24.7 Å². The average molecular weight is 309 g/mol. The normalized spacial score (nSPS) is 10.5. The van der Waals surface area contributed by atoms with E-state index in [0.717, 1.165) is 0 Å². The zero-order valence-corrected chi connectivity index (χ0v) is 12.1. The number of aromatic nitrogens is 3. The van der Waals surface area contributed by atoms with Crippen molar-refractivity contribution in [3.63, 3.8) is 0 Å². The zero-order valence-electron chi connectivity index (χ0n) is 11.4. The molecule has 2 aromatic rings. The van der Waals surface area contributed by atoms with E-state index >= 15 is 0 Å². The number of anilines is 3. The summed E-state index contributed by atoms with van der Waals surface area (Å²) in [6.45, 7) is 3.72. The highest BCUT2D eigenvalue weighted by atomic mass is 35.5. The molecule has 0 saturated heterocycles. The largest absolute Gasteiger partial charge is 0.362 e. The monoisotopic (exact) mass is 308 g/mol. The van der Waals surface area contributed by atoms with Crippen molar-refractivity contribution in [2.75, 3.05) is 10.6 Å². The van der Waals surface area contributed by atoms with Crippen molar-refractivity contribution in [1.82, 2.24) is 15.0 Å². The Morgan fingerprint density at radius 1 is 1.24 bits per heavy atom. The molecule has 9 heteroatoms. The van der Waals surface area contributed by atoms with Gasteiger partial charge in [-0.2, -0.15) is 0 Å². The van der Waals surface area contributed by atoms with Crippen molar-refractivity contribution >= 4 is 34.7 Å². The van der Waals surface area contributed by atoms with Crippen molar-refractivity contribution in [3.8, 4) is 0 Å². The maximum atomic E-state index is 11.3. The van der Waals surface area contributed by atoms with Crippen molar-refractivity contribution in [3.05, 3.63) is 39.8 Å². The number of pyridine rings is 1. The third kappa shape index (κ3) is 3.76. The minimum absolute atomic E-state index is 0.0000990. The molecule has 0 aliphatic heterocycles. The minimum Gasteiger partial charge on any atom is -0.362 e. The number of nitrogens with one attached hydrogen (secondary N) is 2. The fraction of sp³-hybridized carbons (Fsp3) is 0.250. The van der Waals surface area contributed by atoms with Gasteiger partial charge in [-0.3, -0.25) is 10.1 Å². The molecular formula is C12H13ClN6O2. The van der Waals surface area contributed by atoms with Gasteiger partial charge in [0.1, 0.15) is 12.1 Å². The van der Waals surface area contributed by atoms with Gasteiger partial charge in [0.2, 0.25) is 11.6 Å². The molecule has 2 rings (SSSR count). The Morgan fingerprint density at radius 2 is 1.95 bits per heavy atom. The lowest BCUT2D eigenvalue weighted by Gasteiger charge is -2.11. The van der Waals surface area contributed by atoms with Crippen LogP contribution in [0.1, 0.15) is 13.8 Å². The highest BCUT2D eigenvalue weighted by Crippen LogP contribution is 2.31. The van der Waals surface area contributed by atoms with Crippen molar-refractivity contribution in [2.45, 2.75) is 19.9 Å². The molecule has 0 unspecified atom stereocenters. The van der Waals surface area contributed by atoms with Gasteiger partial charge < -0.3 is 10.6 Å².